The largest absolute Gasteiger partial charge is 0.343 e. The summed E-state index contributed by atoms with van der Waals surface area (Å²) in [6.07, 6.45) is 6.47. The zero-order chi connectivity index (χ0) is 12.0. The van der Waals surface area contributed by atoms with E-state index in [4.69, 9.17) is 5.73 Å². The van der Waals surface area contributed by atoms with Crippen LogP contribution in [0.15, 0.2) is 0 Å². The number of piperidine rings is 1. The average molecular weight is 226 g/mol. The third-order valence-electron chi connectivity index (χ3n) is 3.51. The topological polar surface area (TPSA) is 46.3 Å². The lowest BCUT2D eigenvalue weighted by atomic mass is 9.87. The molecule has 1 amide bonds. The highest BCUT2D eigenvalue weighted by molar-refractivity contribution is 5.76. The van der Waals surface area contributed by atoms with Crippen LogP contribution in [0.2, 0.25) is 0 Å². The summed E-state index contributed by atoms with van der Waals surface area (Å²) >= 11 is 0. The second-order valence-electron chi connectivity index (χ2n) is 5.66. The van der Waals surface area contributed by atoms with Crippen LogP contribution in [0, 0.1) is 5.41 Å². The first-order valence-corrected chi connectivity index (χ1v) is 6.53. The fraction of sp³-hybridized carbons (Fsp3) is 0.923. The molecule has 94 valence electrons. The molecule has 16 heavy (non-hydrogen) atoms. The minimum atomic E-state index is 0.256. The van der Waals surface area contributed by atoms with Crippen molar-refractivity contribution in [2.45, 2.75) is 52.4 Å². The molecule has 1 saturated heterocycles. The summed E-state index contributed by atoms with van der Waals surface area (Å²) in [6.45, 7) is 7.08. The molecule has 0 aromatic rings. The van der Waals surface area contributed by atoms with E-state index in [2.05, 4.69) is 13.8 Å². The molecule has 3 heteroatoms. The Morgan fingerprint density at radius 1 is 1.31 bits per heavy atom. The van der Waals surface area contributed by atoms with Crippen LogP contribution >= 0.6 is 0 Å². The van der Waals surface area contributed by atoms with Crippen molar-refractivity contribution in [3.63, 3.8) is 0 Å². The molecule has 1 fully saturated rings. The lowest BCUT2D eigenvalue weighted by Gasteiger charge is -2.27. The third-order valence-corrected chi connectivity index (χ3v) is 3.51. The van der Waals surface area contributed by atoms with Gasteiger partial charge in [0.25, 0.3) is 0 Å². The Bertz CT molecular complexity index is 226. The van der Waals surface area contributed by atoms with Crippen LogP contribution in [-0.2, 0) is 4.79 Å². The molecule has 0 unspecified atom stereocenters. The summed E-state index contributed by atoms with van der Waals surface area (Å²) in [7, 11) is 0. The van der Waals surface area contributed by atoms with E-state index in [-0.39, 0.29) is 5.41 Å². The van der Waals surface area contributed by atoms with Gasteiger partial charge in [-0.2, -0.15) is 0 Å². The van der Waals surface area contributed by atoms with Gasteiger partial charge in [-0.15, -0.1) is 0 Å². The fourth-order valence-corrected chi connectivity index (χ4v) is 2.11. The smallest absolute Gasteiger partial charge is 0.222 e. The maximum Gasteiger partial charge on any atom is 0.222 e. The van der Waals surface area contributed by atoms with Crippen molar-refractivity contribution >= 4 is 5.91 Å². The molecule has 0 radical (unpaired) electrons. The van der Waals surface area contributed by atoms with Gasteiger partial charge in [0.2, 0.25) is 5.91 Å². The van der Waals surface area contributed by atoms with E-state index in [1.807, 2.05) is 4.90 Å². The van der Waals surface area contributed by atoms with E-state index in [0.29, 0.717) is 5.91 Å². The minimum Gasteiger partial charge on any atom is -0.343 e. The zero-order valence-electron chi connectivity index (χ0n) is 10.8. The Hall–Kier alpha value is -0.570. The average Bonchev–Trinajstić information content (AvgIpc) is 2.27. The van der Waals surface area contributed by atoms with Crippen LogP contribution in [0.3, 0.4) is 0 Å². The van der Waals surface area contributed by atoms with Crippen LogP contribution in [0.4, 0.5) is 0 Å². The van der Waals surface area contributed by atoms with Crippen molar-refractivity contribution < 1.29 is 4.79 Å². The second-order valence-corrected chi connectivity index (χ2v) is 5.66. The quantitative estimate of drug-likeness (QED) is 0.705. The van der Waals surface area contributed by atoms with E-state index in [0.717, 1.165) is 45.3 Å². The number of rotatable bonds is 6. The third kappa shape index (κ3) is 4.52. The molecule has 0 spiro atoms. The number of amides is 1. The minimum absolute atomic E-state index is 0.256. The normalized spacial score (nSPS) is 17.9. The highest BCUT2D eigenvalue weighted by atomic mass is 16.2. The Morgan fingerprint density at radius 2 is 2.06 bits per heavy atom. The lowest BCUT2D eigenvalue weighted by molar-refractivity contribution is -0.133. The first kappa shape index (κ1) is 13.5. The van der Waals surface area contributed by atoms with Crippen LogP contribution in [0.5, 0.6) is 0 Å². The SMILES string of the molecule is CC(C)(CN)CCCCN1CCCCC1=O. The molecule has 1 heterocycles. The van der Waals surface area contributed by atoms with Crippen LogP contribution < -0.4 is 5.73 Å². The van der Waals surface area contributed by atoms with E-state index >= 15 is 0 Å². The lowest BCUT2D eigenvalue weighted by Crippen LogP contribution is -2.36. The van der Waals surface area contributed by atoms with Gasteiger partial charge in [0.1, 0.15) is 0 Å². The maximum absolute atomic E-state index is 11.5. The predicted molar refractivity (Wildman–Crippen MR) is 67.1 cm³/mol. The van der Waals surface area contributed by atoms with Crippen molar-refractivity contribution in [2.24, 2.45) is 11.1 Å². The number of hydrogen-bond donors (Lipinski definition) is 1. The summed E-state index contributed by atoms with van der Waals surface area (Å²) in [5, 5.41) is 0. The van der Waals surface area contributed by atoms with Crippen molar-refractivity contribution in [2.75, 3.05) is 19.6 Å². The second kappa shape index (κ2) is 6.24. The van der Waals surface area contributed by atoms with Crippen LogP contribution in [0.1, 0.15) is 52.4 Å². The molecular weight excluding hydrogens is 200 g/mol. The van der Waals surface area contributed by atoms with Crippen molar-refractivity contribution in [1.82, 2.24) is 4.90 Å². The van der Waals surface area contributed by atoms with Gasteiger partial charge in [-0.3, -0.25) is 4.79 Å². The number of likely N-dealkylation sites (tertiary alicyclic amines) is 1. The number of carbonyl (C=O) groups is 1. The summed E-state index contributed by atoms with van der Waals surface area (Å²) < 4.78 is 0. The summed E-state index contributed by atoms with van der Waals surface area (Å²) in [6, 6.07) is 0. The summed E-state index contributed by atoms with van der Waals surface area (Å²) in [5.41, 5.74) is 5.94. The Morgan fingerprint density at radius 3 is 2.69 bits per heavy atom. The summed E-state index contributed by atoms with van der Waals surface area (Å²) in [5.74, 6) is 0.351. The van der Waals surface area contributed by atoms with E-state index in [1.165, 1.54) is 12.8 Å². The predicted octanol–water partition coefficient (Wildman–Crippen LogP) is 2.15. The number of nitrogens with zero attached hydrogens (tertiary/aromatic N) is 1. The van der Waals surface area contributed by atoms with Crippen molar-refractivity contribution in [1.29, 1.82) is 0 Å². The highest BCUT2D eigenvalue weighted by Gasteiger charge is 2.18. The van der Waals surface area contributed by atoms with Gasteiger partial charge in [-0.1, -0.05) is 20.3 Å². The Balaban J connectivity index is 2.13. The molecule has 1 rings (SSSR count). The molecule has 1 aliphatic heterocycles. The first-order valence-electron chi connectivity index (χ1n) is 6.53. The number of unbranched alkanes of at least 4 members (excludes halogenated alkanes) is 1. The highest BCUT2D eigenvalue weighted by Crippen LogP contribution is 2.21. The first-order chi connectivity index (χ1) is 7.55. The zero-order valence-corrected chi connectivity index (χ0v) is 10.8. The number of nitrogens with two attached hydrogens (primary N) is 1. The standard InChI is InChI=1S/C13H26N2O/c1-13(2,11-14)8-4-6-10-15-9-5-3-7-12(15)16/h3-11,14H2,1-2H3. The number of carbonyl (C=O) groups excluding carboxylic acids is 1. The fourth-order valence-electron chi connectivity index (χ4n) is 2.11. The maximum atomic E-state index is 11.5. The molecule has 0 atom stereocenters. The van der Waals surface area contributed by atoms with Gasteiger partial charge in [0, 0.05) is 19.5 Å². The molecule has 0 saturated carbocycles. The van der Waals surface area contributed by atoms with Gasteiger partial charge in [0.05, 0.1) is 0 Å². The Kier molecular flexibility index (Phi) is 5.26. The molecule has 2 N–H and O–H groups in total. The number of hydrogen-bond acceptors (Lipinski definition) is 2. The van der Waals surface area contributed by atoms with Gasteiger partial charge < -0.3 is 10.6 Å². The van der Waals surface area contributed by atoms with E-state index in [9.17, 15) is 4.79 Å². The molecule has 0 aromatic carbocycles. The van der Waals surface area contributed by atoms with Crippen LogP contribution in [-0.4, -0.2) is 30.4 Å². The van der Waals surface area contributed by atoms with Crippen molar-refractivity contribution in [3.05, 3.63) is 0 Å². The van der Waals surface area contributed by atoms with Crippen molar-refractivity contribution in [3.8, 4) is 0 Å². The van der Waals surface area contributed by atoms with Gasteiger partial charge in [-0.05, 0) is 37.6 Å². The molecular formula is C13H26N2O. The Labute approximate surface area is 99.4 Å². The monoisotopic (exact) mass is 226 g/mol. The van der Waals surface area contributed by atoms with E-state index < -0.39 is 0 Å². The molecule has 1 aliphatic rings. The molecule has 0 bridgehead atoms. The van der Waals surface area contributed by atoms with E-state index in [1.54, 1.807) is 0 Å². The van der Waals surface area contributed by atoms with Gasteiger partial charge in [0.15, 0.2) is 0 Å². The molecule has 0 aliphatic carbocycles. The van der Waals surface area contributed by atoms with Gasteiger partial charge in [-0.25, -0.2) is 0 Å². The summed E-state index contributed by atoms with van der Waals surface area (Å²) in [4.78, 5) is 13.6. The molecule has 0 aromatic heterocycles. The molecule has 3 nitrogen and oxygen atoms in total. The van der Waals surface area contributed by atoms with Gasteiger partial charge >= 0.3 is 0 Å². The van der Waals surface area contributed by atoms with Crippen LogP contribution in [0.25, 0.3) is 0 Å².